The summed E-state index contributed by atoms with van der Waals surface area (Å²) >= 11 is 1.31. The standard InChI is InChI=1S/C21H15NO3S/c1-25-21(24)17-14-18(16-10-6-3-7-11-16)26-20(17)22-19(23)13-12-15-8-4-2-5-9-15/h2-11,14H,1H3,(H,22,23). The maximum absolute atomic E-state index is 12.2. The van der Waals surface area contributed by atoms with Crippen LogP contribution in [0.4, 0.5) is 5.00 Å². The van der Waals surface area contributed by atoms with Gasteiger partial charge in [-0.1, -0.05) is 54.5 Å². The molecule has 1 amide bonds. The Morgan fingerprint density at radius 3 is 2.31 bits per heavy atom. The maximum atomic E-state index is 12.2. The molecule has 4 nitrogen and oxygen atoms in total. The van der Waals surface area contributed by atoms with Crippen LogP contribution in [-0.4, -0.2) is 19.0 Å². The minimum atomic E-state index is -0.505. The molecule has 0 fully saturated rings. The van der Waals surface area contributed by atoms with E-state index in [1.54, 1.807) is 6.07 Å². The molecule has 0 aliphatic carbocycles. The number of anilines is 1. The van der Waals surface area contributed by atoms with Gasteiger partial charge in [0.25, 0.3) is 0 Å². The highest BCUT2D eigenvalue weighted by atomic mass is 32.1. The van der Waals surface area contributed by atoms with Gasteiger partial charge in [0.15, 0.2) is 0 Å². The maximum Gasteiger partial charge on any atom is 0.340 e. The number of carbonyl (C=O) groups excluding carboxylic acids is 2. The van der Waals surface area contributed by atoms with Gasteiger partial charge in [0.05, 0.1) is 12.7 Å². The van der Waals surface area contributed by atoms with Gasteiger partial charge in [-0.25, -0.2) is 4.79 Å². The number of hydrogen-bond acceptors (Lipinski definition) is 4. The van der Waals surface area contributed by atoms with Gasteiger partial charge >= 0.3 is 11.9 Å². The summed E-state index contributed by atoms with van der Waals surface area (Å²) in [5.74, 6) is 4.34. The molecule has 0 radical (unpaired) electrons. The predicted molar refractivity (Wildman–Crippen MR) is 103 cm³/mol. The fourth-order valence-corrected chi connectivity index (χ4v) is 3.32. The van der Waals surface area contributed by atoms with Crippen LogP contribution in [0.2, 0.25) is 0 Å². The van der Waals surface area contributed by atoms with E-state index in [0.717, 1.165) is 16.0 Å². The summed E-state index contributed by atoms with van der Waals surface area (Å²) in [7, 11) is 1.31. The van der Waals surface area contributed by atoms with Gasteiger partial charge in [0.1, 0.15) is 5.00 Å². The summed E-state index contributed by atoms with van der Waals surface area (Å²) in [5, 5.41) is 3.11. The molecule has 0 aliphatic heterocycles. The summed E-state index contributed by atoms with van der Waals surface area (Å²) in [5.41, 5.74) is 2.01. The zero-order chi connectivity index (χ0) is 18.4. The summed E-state index contributed by atoms with van der Waals surface area (Å²) in [6.07, 6.45) is 0. The fourth-order valence-electron chi connectivity index (χ4n) is 2.27. The van der Waals surface area contributed by atoms with Crippen LogP contribution in [0, 0.1) is 11.8 Å². The van der Waals surface area contributed by atoms with Crippen molar-refractivity contribution in [2.45, 2.75) is 0 Å². The second-order valence-corrected chi connectivity index (χ2v) is 6.33. The lowest BCUT2D eigenvalue weighted by atomic mass is 10.1. The Morgan fingerprint density at radius 1 is 1.00 bits per heavy atom. The first kappa shape index (κ1) is 17.5. The normalized spacial score (nSPS) is 9.73. The molecule has 5 heteroatoms. The highest BCUT2D eigenvalue weighted by Crippen LogP contribution is 2.35. The Balaban J connectivity index is 1.86. The molecule has 0 saturated carbocycles. The molecule has 3 aromatic rings. The van der Waals surface area contributed by atoms with Gasteiger partial charge in [-0.2, -0.15) is 0 Å². The van der Waals surface area contributed by atoms with Crippen molar-refractivity contribution in [2.24, 2.45) is 0 Å². The van der Waals surface area contributed by atoms with Gasteiger partial charge in [-0.15, -0.1) is 11.3 Å². The Morgan fingerprint density at radius 2 is 1.65 bits per heavy atom. The topological polar surface area (TPSA) is 55.4 Å². The quantitative estimate of drug-likeness (QED) is 0.562. The largest absolute Gasteiger partial charge is 0.465 e. The minimum Gasteiger partial charge on any atom is -0.465 e. The van der Waals surface area contributed by atoms with Gasteiger partial charge in [0.2, 0.25) is 0 Å². The molecule has 0 aliphatic rings. The molecule has 0 bridgehead atoms. The van der Waals surface area contributed by atoms with Crippen molar-refractivity contribution in [1.29, 1.82) is 0 Å². The third kappa shape index (κ3) is 4.18. The molecule has 0 spiro atoms. The van der Waals surface area contributed by atoms with Crippen molar-refractivity contribution < 1.29 is 14.3 Å². The number of amides is 1. The lowest BCUT2D eigenvalue weighted by molar-refractivity contribution is -0.111. The van der Waals surface area contributed by atoms with Gasteiger partial charge in [-0.3, -0.25) is 4.79 Å². The second kappa shape index (κ2) is 8.15. The predicted octanol–water partition coefficient (Wildman–Crippen LogP) is 4.19. The van der Waals surface area contributed by atoms with Crippen LogP contribution >= 0.6 is 11.3 Å². The lowest BCUT2D eigenvalue weighted by Crippen LogP contribution is -2.11. The smallest absolute Gasteiger partial charge is 0.340 e. The van der Waals surface area contributed by atoms with E-state index in [1.807, 2.05) is 60.7 Å². The number of benzene rings is 2. The van der Waals surface area contributed by atoms with Crippen LogP contribution in [0.5, 0.6) is 0 Å². The number of esters is 1. The van der Waals surface area contributed by atoms with Crippen molar-refractivity contribution in [2.75, 3.05) is 12.4 Å². The van der Waals surface area contributed by atoms with E-state index in [9.17, 15) is 9.59 Å². The molecule has 1 N–H and O–H groups in total. The van der Waals surface area contributed by atoms with Gasteiger partial charge in [0, 0.05) is 16.4 Å². The van der Waals surface area contributed by atoms with Crippen molar-refractivity contribution >= 4 is 28.2 Å². The highest BCUT2D eigenvalue weighted by molar-refractivity contribution is 7.20. The molecular formula is C21H15NO3S. The van der Waals surface area contributed by atoms with Crippen LogP contribution in [0.1, 0.15) is 15.9 Å². The lowest BCUT2D eigenvalue weighted by Gasteiger charge is -2.01. The Kier molecular flexibility index (Phi) is 5.47. The first-order valence-corrected chi connectivity index (χ1v) is 8.64. The van der Waals surface area contributed by atoms with Crippen LogP contribution in [0.15, 0.2) is 66.7 Å². The molecular weight excluding hydrogens is 346 g/mol. The summed E-state index contributed by atoms with van der Waals surface area (Å²) in [4.78, 5) is 25.1. The Bertz CT molecular complexity index is 982. The molecule has 0 atom stereocenters. The third-order valence-corrected chi connectivity index (χ3v) is 4.62. The van der Waals surface area contributed by atoms with E-state index < -0.39 is 11.9 Å². The summed E-state index contributed by atoms with van der Waals surface area (Å²) in [6, 6.07) is 20.5. The average Bonchev–Trinajstić information content (AvgIpc) is 3.11. The van der Waals surface area contributed by atoms with Crippen LogP contribution in [0.25, 0.3) is 10.4 Å². The molecule has 128 valence electrons. The first-order valence-electron chi connectivity index (χ1n) is 7.83. The number of rotatable bonds is 3. The first-order chi connectivity index (χ1) is 12.7. The van der Waals surface area contributed by atoms with Crippen molar-refractivity contribution in [3.8, 4) is 22.3 Å². The SMILES string of the molecule is COC(=O)c1cc(-c2ccccc2)sc1NC(=O)C#Cc1ccccc1. The monoisotopic (exact) mass is 361 g/mol. The number of ether oxygens (including phenoxy) is 1. The van der Waals surface area contributed by atoms with E-state index in [4.69, 9.17) is 4.74 Å². The summed E-state index contributed by atoms with van der Waals surface area (Å²) < 4.78 is 4.82. The number of carbonyl (C=O) groups is 2. The second-order valence-electron chi connectivity index (χ2n) is 5.28. The molecule has 0 saturated heterocycles. The fraction of sp³-hybridized carbons (Fsp3) is 0.0476. The average molecular weight is 361 g/mol. The van der Waals surface area contributed by atoms with Crippen LogP contribution < -0.4 is 5.32 Å². The highest BCUT2D eigenvalue weighted by Gasteiger charge is 2.18. The molecule has 2 aromatic carbocycles. The molecule has 1 heterocycles. The van der Waals surface area contributed by atoms with E-state index >= 15 is 0 Å². The van der Waals surface area contributed by atoms with Crippen molar-refractivity contribution in [1.82, 2.24) is 0 Å². The molecule has 26 heavy (non-hydrogen) atoms. The Labute approximate surface area is 155 Å². The van der Waals surface area contributed by atoms with E-state index in [0.29, 0.717) is 10.6 Å². The van der Waals surface area contributed by atoms with Crippen molar-refractivity contribution in [3.63, 3.8) is 0 Å². The number of hydrogen-bond donors (Lipinski definition) is 1. The zero-order valence-electron chi connectivity index (χ0n) is 14.0. The van der Waals surface area contributed by atoms with E-state index in [1.165, 1.54) is 18.4 Å². The van der Waals surface area contributed by atoms with E-state index in [2.05, 4.69) is 17.2 Å². The number of methoxy groups -OCH3 is 1. The number of nitrogens with one attached hydrogen (secondary N) is 1. The van der Waals surface area contributed by atoms with Crippen LogP contribution in [-0.2, 0) is 9.53 Å². The Hall–Kier alpha value is -3.36. The summed E-state index contributed by atoms with van der Waals surface area (Å²) in [6.45, 7) is 0. The van der Waals surface area contributed by atoms with Gasteiger partial charge in [-0.05, 0) is 23.8 Å². The van der Waals surface area contributed by atoms with Crippen LogP contribution in [0.3, 0.4) is 0 Å². The number of thiophene rings is 1. The molecule has 3 rings (SSSR count). The van der Waals surface area contributed by atoms with Gasteiger partial charge < -0.3 is 10.1 Å². The molecule has 0 unspecified atom stereocenters. The zero-order valence-corrected chi connectivity index (χ0v) is 14.8. The third-order valence-electron chi connectivity index (χ3n) is 3.52. The van der Waals surface area contributed by atoms with E-state index in [-0.39, 0.29) is 0 Å². The minimum absolute atomic E-state index is 0.311. The molecule has 1 aromatic heterocycles. The van der Waals surface area contributed by atoms with Crippen molar-refractivity contribution in [3.05, 3.63) is 77.9 Å².